The SMILES string of the molecule is COCC(O)CNc1ccc(C(=O)O)cc1Cl. The minimum Gasteiger partial charge on any atom is -0.478 e. The number of ether oxygens (including phenoxy) is 1. The largest absolute Gasteiger partial charge is 0.478 e. The first-order valence-corrected chi connectivity index (χ1v) is 5.36. The average Bonchev–Trinajstić information content (AvgIpc) is 2.27. The third-order valence-electron chi connectivity index (χ3n) is 2.10. The van der Waals surface area contributed by atoms with Crippen LogP contribution in [0.15, 0.2) is 18.2 Å². The zero-order chi connectivity index (χ0) is 12.8. The summed E-state index contributed by atoms with van der Waals surface area (Å²) in [6.45, 7) is 0.498. The quantitative estimate of drug-likeness (QED) is 0.721. The van der Waals surface area contributed by atoms with Crippen molar-refractivity contribution in [1.29, 1.82) is 0 Å². The number of carboxylic acids is 1. The molecule has 1 atom stereocenters. The Balaban J connectivity index is 2.63. The van der Waals surface area contributed by atoms with Crippen LogP contribution < -0.4 is 5.32 Å². The van der Waals surface area contributed by atoms with Crippen molar-refractivity contribution in [3.05, 3.63) is 28.8 Å². The van der Waals surface area contributed by atoms with E-state index in [0.29, 0.717) is 10.7 Å². The fourth-order valence-corrected chi connectivity index (χ4v) is 1.52. The molecule has 1 unspecified atom stereocenters. The van der Waals surface area contributed by atoms with Crippen LogP contribution in [0.25, 0.3) is 0 Å². The first kappa shape index (κ1) is 13.8. The summed E-state index contributed by atoms with van der Waals surface area (Å²) in [5.41, 5.74) is 0.699. The number of aliphatic hydroxyl groups is 1. The van der Waals surface area contributed by atoms with Crippen molar-refractivity contribution in [1.82, 2.24) is 0 Å². The zero-order valence-corrected chi connectivity index (χ0v) is 10.1. The summed E-state index contributed by atoms with van der Waals surface area (Å²) in [4.78, 5) is 10.7. The topological polar surface area (TPSA) is 78.8 Å². The number of aliphatic hydroxyl groups excluding tert-OH is 1. The van der Waals surface area contributed by atoms with E-state index in [1.54, 1.807) is 6.07 Å². The van der Waals surface area contributed by atoms with Crippen LogP contribution >= 0.6 is 11.6 Å². The van der Waals surface area contributed by atoms with E-state index in [2.05, 4.69) is 5.32 Å². The summed E-state index contributed by atoms with van der Waals surface area (Å²) >= 11 is 5.90. The number of hydrogen-bond acceptors (Lipinski definition) is 4. The number of hydrogen-bond donors (Lipinski definition) is 3. The number of anilines is 1. The van der Waals surface area contributed by atoms with Crippen molar-refractivity contribution < 1.29 is 19.7 Å². The van der Waals surface area contributed by atoms with Gasteiger partial charge in [0.05, 0.1) is 29.0 Å². The second kappa shape index (κ2) is 6.44. The molecule has 5 nitrogen and oxygen atoms in total. The Kier molecular flexibility index (Phi) is 5.21. The lowest BCUT2D eigenvalue weighted by atomic mass is 10.2. The second-order valence-electron chi connectivity index (χ2n) is 3.49. The van der Waals surface area contributed by atoms with Gasteiger partial charge in [0, 0.05) is 13.7 Å². The van der Waals surface area contributed by atoms with E-state index in [0.717, 1.165) is 0 Å². The number of rotatable bonds is 6. The van der Waals surface area contributed by atoms with Gasteiger partial charge in [-0.25, -0.2) is 4.79 Å². The highest BCUT2D eigenvalue weighted by Crippen LogP contribution is 2.22. The smallest absolute Gasteiger partial charge is 0.335 e. The van der Waals surface area contributed by atoms with Crippen LogP contribution in [-0.4, -0.2) is 42.5 Å². The second-order valence-corrected chi connectivity index (χ2v) is 3.90. The Bertz CT molecular complexity index is 397. The van der Waals surface area contributed by atoms with Gasteiger partial charge in [-0.15, -0.1) is 0 Å². The molecule has 3 N–H and O–H groups in total. The Morgan fingerprint density at radius 3 is 2.82 bits per heavy atom. The number of benzene rings is 1. The number of carbonyl (C=O) groups is 1. The van der Waals surface area contributed by atoms with Gasteiger partial charge in [-0.2, -0.15) is 0 Å². The normalized spacial score (nSPS) is 12.2. The standard InChI is InChI=1S/C11H14ClNO4/c1-17-6-8(14)5-13-10-3-2-7(11(15)16)4-9(10)12/h2-4,8,13-14H,5-6H2,1H3,(H,15,16). The molecule has 1 rings (SSSR count). The maximum absolute atomic E-state index is 10.7. The molecule has 0 saturated carbocycles. The molecule has 0 aliphatic carbocycles. The number of methoxy groups -OCH3 is 1. The van der Waals surface area contributed by atoms with E-state index in [-0.39, 0.29) is 18.7 Å². The highest BCUT2D eigenvalue weighted by molar-refractivity contribution is 6.33. The van der Waals surface area contributed by atoms with Crippen LogP contribution in [0.5, 0.6) is 0 Å². The van der Waals surface area contributed by atoms with Crippen molar-refractivity contribution >= 4 is 23.3 Å². The van der Waals surface area contributed by atoms with Crippen LogP contribution in [0.4, 0.5) is 5.69 Å². The molecule has 0 aromatic heterocycles. The molecular weight excluding hydrogens is 246 g/mol. The van der Waals surface area contributed by atoms with Gasteiger partial charge in [0.1, 0.15) is 0 Å². The third kappa shape index (κ3) is 4.22. The van der Waals surface area contributed by atoms with Crippen LogP contribution in [0.3, 0.4) is 0 Å². The van der Waals surface area contributed by atoms with Crippen LogP contribution in [0.1, 0.15) is 10.4 Å². The van der Waals surface area contributed by atoms with Gasteiger partial charge < -0.3 is 20.3 Å². The Hall–Kier alpha value is -1.30. The highest BCUT2D eigenvalue weighted by atomic mass is 35.5. The molecule has 0 spiro atoms. The molecule has 1 aromatic carbocycles. The average molecular weight is 260 g/mol. The molecule has 1 aromatic rings. The van der Waals surface area contributed by atoms with Gasteiger partial charge in [-0.05, 0) is 18.2 Å². The Morgan fingerprint density at radius 2 is 2.29 bits per heavy atom. The van der Waals surface area contributed by atoms with Crippen molar-refractivity contribution in [2.24, 2.45) is 0 Å². The summed E-state index contributed by atoms with van der Waals surface area (Å²) in [5, 5.41) is 21.4. The zero-order valence-electron chi connectivity index (χ0n) is 9.31. The summed E-state index contributed by atoms with van der Waals surface area (Å²) in [6.07, 6.45) is -0.643. The van der Waals surface area contributed by atoms with Crippen molar-refractivity contribution in [3.8, 4) is 0 Å². The van der Waals surface area contributed by atoms with E-state index in [4.69, 9.17) is 21.4 Å². The lowest BCUT2D eigenvalue weighted by Crippen LogP contribution is -2.24. The molecule has 0 saturated heterocycles. The van der Waals surface area contributed by atoms with Gasteiger partial charge in [0.15, 0.2) is 0 Å². The van der Waals surface area contributed by atoms with E-state index in [9.17, 15) is 9.90 Å². The molecule has 0 aliphatic rings. The van der Waals surface area contributed by atoms with Crippen molar-refractivity contribution in [2.45, 2.75) is 6.10 Å². The van der Waals surface area contributed by atoms with Crippen molar-refractivity contribution in [3.63, 3.8) is 0 Å². The molecule has 0 aliphatic heterocycles. The van der Waals surface area contributed by atoms with Crippen LogP contribution in [0.2, 0.25) is 5.02 Å². The molecular formula is C11H14ClNO4. The summed E-state index contributed by atoms with van der Waals surface area (Å²) in [6, 6.07) is 4.36. The van der Waals surface area contributed by atoms with E-state index < -0.39 is 12.1 Å². The lowest BCUT2D eigenvalue weighted by molar-refractivity contribution is 0.0696. The minimum absolute atomic E-state index is 0.123. The van der Waals surface area contributed by atoms with Gasteiger partial charge in [-0.3, -0.25) is 0 Å². The molecule has 0 radical (unpaired) electrons. The van der Waals surface area contributed by atoms with Gasteiger partial charge in [0.25, 0.3) is 0 Å². The first-order valence-electron chi connectivity index (χ1n) is 4.98. The van der Waals surface area contributed by atoms with Crippen LogP contribution in [0, 0.1) is 0 Å². The monoisotopic (exact) mass is 259 g/mol. The van der Waals surface area contributed by atoms with Crippen molar-refractivity contribution in [2.75, 3.05) is 25.6 Å². The van der Waals surface area contributed by atoms with Gasteiger partial charge >= 0.3 is 5.97 Å². The highest BCUT2D eigenvalue weighted by Gasteiger charge is 2.08. The molecule has 6 heteroatoms. The molecule has 0 fully saturated rings. The maximum atomic E-state index is 10.7. The molecule has 0 heterocycles. The lowest BCUT2D eigenvalue weighted by Gasteiger charge is -2.13. The fraction of sp³-hybridized carbons (Fsp3) is 0.364. The molecule has 17 heavy (non-hydrogen) atoms. The fourth-order valence-electron chi connectivity index (χ4n) is 1.27. The maximum Gasteiger partial charge on any atom is 0.335 e. The predicted octanol–water partition coefficient (Wildman–Crippen LogP) is 1.46. The minimum atomic E-state index is -1.03. The number of carboxylic acid groups (broad SMARTS) is 1. The molecule has 0 amide bonds. The molecule has 94 valence electrons. The van der Waals surface area contributed by atoms with E-state index in [1.165, 1.54) is 19.2 Å². The number of nitrogens with one attached hydrogen (secondary N) is 1. The third-order valence-corrected chi connectivity index (χ3v) is 2.42. The first-order chi connectivity index (χ1) is 8.04. The Morgan fingerprint density at radius 1 is 1.59 bits per heavy atom. The summed E-state index contributed by atoms with van der Waals surface area (Å²) < 4.78 is 4.77. The van der Waals surface area contributed by atoms with Crippen LogP contribution in [-0.2, 0) is 4.74 Å². The van der Waals surface area contributed by atoms with E-state index in [1.807, 2.05) is 0 Å². The summed E-state index contributed by atoms with van der Waals surface area (Å²) in [7, 11) is 1.50. The number of halogens is 1. The van der Waals surface area contributed by atoms with E-state index >= 15 is 0 Å². The number of aromatic carboxylic acids is 1. The predicted molar refractivity (Wildman–Crippen MR) is 64.8 cm³/mol. The van der Waals surface area contributed by atoms with Gasteiger partial charge in [-0.1, -0.05) is 11.6 Å². The Labute approximate surface area is 104 Å². The summed E-state index contributed by atoms with van der Waals surface area (Å²) in [5.74, 6) is -1.03. The molecule has 0 bridgehead atoms. The van der Waals surface area contributed by atoms with Gasteiger partial charge in [0.2, 0.25) is 0 Å².